The molecule has 124 valence electrons. The minimum atomic E-state index is -0.469. The van der Waals surface area contributed by atoms with Crippen LogP contribution in [0.3, 0.4) is 0 Å². The Balaban J connectivity index is 1.78. The maximum atomic E-state index is 11.1. The van der Waals surface area contributed by atoms with E-state index >= 15 is 0 Å². The van der Waals surface area contributed by atoms with Gasteiger partial charge in [0.2, 0.25) is 5.69 Å². The molecule has 9 heteroatoms. The van der Waals surface area contributed by atoms with E-state index in [4.69, 9.17) is 14.1 Å². The van der Waals surface area contributed by atoms with Gasteiger partial charge in [-0.2, -0.15) is 10.4 Å². The van der Waals surface area contributed by atoms with Crippen LogP contribution in [-0.4, -0.2) is 16.1 Å². The van der Waals surface area contributed by atoms with E-state index in [0.29, 0.717) is 23.0 Å². The van der Waals surface area contributed by atoms with E-state index in [0.717, 1.165) is 0 Å². The lowest BCUT2D eigenvalue weighted by atomic mass is 10.1. The average molecular weight is 337 g/mol. The molecule has 0 radical (unpaired) electrons. The number of nitrogens with one attached hydrogen (secondary N) is 1. The third-order valence-corrected chi connectivity index (χ3v) is 3.19. The monoisotopic (exact) mass is 337 g/mol. The van der Waals surface area contributed by atoms with Crippen molar-refractivity contribution in [1.82, 2.24) is 4.98 Å². The zero-order chi connectivity index (χ0) is 17.8. The molecule has 1 N–H and O–H groups in total. The molecular formula is C16H11N5O4. The van der Waals surface area contributed by atoms with Gasteiger partial charge < -0.3 is 8.83 Å². The van der Waals surface area contributed by atoms with E-state index in [2.05, 4.69) is 15.5 Å². The molecule has 9 nitrogen and oxygen atoms in total. The van der Waals surface area contributed by atoms with Crippen molar-refractivity contribution in [3.8, 4) is 17.4 Å². The summed E-state index contributed by atoms with van der Waals surface area (Å²) in [5.41, 5.74) is 2.98. The third-order valence-electron chi connectivity index (χ3n) is 3.19. The molecule has 0 saturated heterocycles. The van der Waals surface area contributed by atoms with Gasteiger partial charge in [-0.15, -0.1) is 0 Å². The third kappa shape index (κ3) is 3.37. The van der Waals surface area contributed by atoms with Crippen molar-refractivity contribution in [3.05, 3.63) is 63.9 Å². The lowest BCUT2D eigenvalue weighted by molar-refractivity contribution is -0.384. The zero-order valence-electron chi connectivity index (χ0n) is 13.0. The van der Waals surface area contributed by atoms with Crippen molar-refractivity contribution in [2.45, 2.75) is 6.92 Å². The van der Waals surface area contributed by atoms with Crippen molar-refractivity contribution < 1.29 is 13.8 Å². The molecule has 0 saturated carbocycles. The molecule has 0 aliphatic rings. The summed E-state index contributed by atoms with van der Waals surface area (Å²) in [7, 11) is 0. The van der Waals surface area contributed by atoms with Crippen LogP contribution in [0.2, 0.25) is 0 Å². The fourth-order valence-corrected chi connectivity index (χ4v) is 2.14. The number of aryl methyl sites for hydroxylation is 1. The smallest absolute Gasteiger partial charge is 0.280 e. The summed E-state index contributed by atoms with van der Waals surface area (Å²) in [6, 6.07) is 11.4. The predicted molar refractivity (Wildman–Crippen MR) is 88.0 cm³/mol. The second-order valence-corrected chi connectivity index (χ2v) is 4.87. The van der Waals surface area contributed by atoms with Gasteiger partial charge in [-0.3, -0.25) is 10.1 Å². The first-order chi connectivity index (χ1) is 12.1. The van der Waals surface area contributed by atoms with Crippen molar-refractivity contribution in [2.24, 2.45) is 5.10 Å². The molecule has 3 aromatic rings. The number of benzene rings is 1. The fraction of sp³-hybridized carbons (Fsp3) is 0.0625. The molecule has 0 unspecified atom stereocenters. The van der Waals surface area contributed by atoms with E-state index in [-0.39, 0.29) is 17.3 Å². The number of nitro groups is 1. The Morgan fingerprint density at radius 2 is 2.12 bits per heavy atom. The van der Waals surface area contributed by atoms with Crippen molar-refractivity contribution in [2.75, 3.05) is 5.43 Å². The zero-order valence-corrected chi connectivity index (χ0v) is 13.0. The number of para-hydroxylation sites is 1. The van der Waals surface area contributed by atoms with Crippen LogP contribution in [0.1, 0.15) is 17.3 Å². The van der Waals surface area contributed by atoms with Crippen LogP contribution in [0, 0.1) is 28.4 Å². The summed E-state index contributed by atoms with van der Waals surface area (Å²) >= 11 is 0. The van der Waals surface area contributed by atoms with Crippen LogP contribution in [0.15, 0.2) is 50.3 Å². The number of oxazole rings is 1. The number of aromatic nitrogens is 1. The first-order valence-electron chi connectivity index (χ1n) is 7.08. The van der Waals surface area contributed by atoms with E-state index in [1.165, 1.54) is 12.3 Å². The first-order valence-corrected chi connectivity index (χ1v) is 7.08. The number of nitriles is 1. The minimum absolute atomic E-state index is 0.0470. The fourth-order valence-electron chi connectivity index (χ4n) is 2.14. The largest absolute Gasteiger partial charge is 0.455 e. The molecule has 0 fully saturated rings. The number of hydrazone groups is 1. The molecule has 0 aliphatic heterocycles. The molecular weight excluding hydrogens is 326 g/mol. The molecule has 0 spiro atoms. The highest BCUT2D eigenvalue weighted by Gasteiger charge is 2.16. The SMILES string of the molecule is Cc1nc(C#N)c(NN=Cc2ccc(-c3ccccc3[N+](=O)[O-])o2)o1. The second kappa shape index (κ2) is 6.67. The Hall–Kier alpha value is -3.93. The summed E-state index contributed by atoms with van der Waals surface area (Å²) in [4.78, 5) is 14.5. The summed E-state index contributed by atoms with van der Waals surface area (Å²) in [6.07, 6.45) is 1.36. The van der Waals surface area contributed by atoms with Crippen molar-refractivity contribution >= 4 is 17.8 Å². The Morgan fingerprint density at radius 1 is 1.32 bits per heavy atom. The van der Waals surface area contributed by atoms with Crippen molar-refractivity contribution in [3.63, 3.8) is 0 Å². The number of furan rings is 1. The van der Waals surface area contributed by atoms with Gasteiger partial charge in [-0.25, -0.2) is 10.4 Å². The Kier molecular flexibility index (Phi) is 4.26. The number of hydrogen-bond donors (Lipinski definition) is 1. The summed E-state index contributed by atoms with van der Waals surface area (Å²) in [6.45, 7) is 1.61. The topological polar surface area (TPSA) is 130 Å². The van der Waals surface area contributed by atoms with Gasteiger partial charge in [0.05, 0.1) is 16.7 Å². The van der Waals surface area contributed by atoms with Gasteiger partial charge >= 0.3 is 0 Å². The van der Waals surface area contributed by atoms with E-state index in [1.807, 2.05) is 6.07 Å². The van der Waals surface area contributed by atoms with Gasteiger partial charge in [-0.05, 0) is 18.2 Å². The van der Waals surface area contributed by atoms with Gasteiger partial charge in [0, 0.05) is 13.0 Å². The van der Waals surface area contributed by atoms with E-state index in [9.17, 15) is 10.1 Å². The molecule has 0 aliphatic carbocycles. The standard InChI is InChI=1S/C16H11N5O4/c1-10-19-13(8-17)16(24-10)20-18-9-11-6-7-15(25-11)12-4-2-3-5-14(12)21(22)23/h2-7,9,20H,1H3. The normalized spacial score (nSPS) is 10.7. The van der Waals surface area contributed by atoms with Crippen molar-refractivity contribution in [1.29, 1.82) is 5.26 Å². The summed E-state index contributed by atoms with van der Waals surface area (Å²) in [5, 5.41) is 23.9. The van der Waals surface area contributed by atoms with Gasteiger partial charge in [0.25, 0.3) is 11.6 Å². The van der Waals surface area contributed by atoms with Gasteiger partial charge in [0.15, 0.2) is 5.89 Å². The van der Waals surface area contributed by atoms with Crippen LogP contribution < -0.4 is 5.43 Å². The van der Waals surface area contributed by atoms with Gasteiger partial charge in [-0.1, -0.05) is 12.1 Å². The maximum Gasteiger partial charge on any atom is 0.280 e. The highest BCUT2D eigenvalue weighted by atomic mass is 16.6. The first kappa shape index (κ1) is 15.9. The summed E-state index contributed by atoms with van der Waals surface area (Å²) in [5.74, 6) is 1.19. The van der Waals surface area contributed by atoms with Crippen LogP contribution in [0.4, 0.5) is 11.6 Å². The highest BCUT2D eigenvalue weighted by molar-refractivity contribution is 5.79. The number of nitro benzene ring substituents is 1. The van der Waals surface area contributed by atoms with Crippen LogP contribution in [-0.2, 0) is 0 Å². The highest BCUT2D eigenvalue weighted by Crippen LogP contribution is 2.30. The molecule has 0 amide bonds. The number of hydrogen-bond acceptors (Lipinski definition) is 8. The van der Waals surface area contributed by atoms with E-state index in [1.54, 1.807) is 37.3 Å². The minimum Gasteiger partial charge on any atom is -0.455 e. The Labute approximate surface area is 141 Å². The predicted octanol–water partition coefficient (Wildman–Crippen LogP) is 3.47. The number of anilines is 1. The Bertz CT molecular complexity index is 996. The van der Waals surface area contributed by atoms with Crippen LogP contribution in [0.25, 0.3) is 11.3 Å². The lowest BCUT2D eigenvalue weighted by Gasteiger charge is -1.98. The molecule has 25 heavy (non-hydrogen) atoms. The molecule has 1 aromatic carbocycles. The molecule has 0 bridgehead atoms. The average Bonchev–Trinajstić information content (AvgIpc) is 3.21. The second-order valence-electron chi connectivity index (χ2n) is 4.87. The van der Waals surface area contributed by atoms with Crippen LogP contribution in [0.5, 0.6) is 0 Å². The molecule has 0 atom stereocenters. The number of nitrogens with zero attached hydrogens (tertiary/aromatic N) is 4. The quantitative estimate of drug-likeness (QED) is 0.428. The van der Waals surface area contributed by atoms with E-state index < -0.39 is 4.92 Å². The molecule has 2 heterocycles. The maximum absolute atomic E-state index is 11.1. The van der Waals surface area contributed by atoms with Gasteiger partial charge in [0.1, 0.15) is 17.6 Å². The number of rotatable bonds is 5. The summed E-state index contributed by atoms with van der Waals surface area (Å²) < 4.78 is 10.8. The van der Waals surface area contributed by atoms with Crippen LogP contribution >= 0.6 is 0 Å². The Morgan fingerprint density at radius 3 is 2.88 bits per heavy atom. The lowest BCUT2D eigenvalue weighted by Crippen LogP contribution is -1.91. The molecule has 3 rings (SSSR count). The molecule has 2 aromatic heterocycles.